The summed E-state index contributed by atoms with van der Waals surface area (Å²) in [5.41, 5.74) is 0.482. The zero-order valence-corrected chi connectivity index (χ0v) is 11.9. The second kappa shape index (κ2) is 5.04. The van der Waals surface area contributed by atoms with Crippen LogP contribution in [0.4, 0.5) is 14.9 Å². The second-order valence-electron chi connectivity index (χ2n) is 5.41. The van der Waals surface area contributed by atoms with Gasteiger partial charge in [0.2, 0.25) is 0 Å². The van der Waals surface area contributed by atoms with Crippen molar-refractivity contribution in [3.05, 3.63) is 30.3 Å². The first-order valence-electron chi connectivity index (χ1n) is 6.90. The molecule has 6 heteroatoms. The highest BCUT2D eigenvalue weighted by Crippen LogP contribution is 2.34. The summed E-state index contributed by atoms with van der Waals surface area (Å²) in [6.45, 7) is 1.93. The van der Waals surface area contributed by atoms with E-state index in [4.69, 9.17) is 4.42 Å². The van der Waals surface area contributed by atoms with Gasteiger partial charge < -0.3 is 14.4 Å². The minimum atomic E-state index is -0.950. The minimum Gasteiger partial charge on any atom is -0.459 e. The van der Waals surface area contributed by atoms with Gasteiger partial charge in [0.1, 0.15) is 12.5 Å². The maximum atomic E-state index is 13.7. The molecule has 2 atom stereocenters. The van der Waals surface area contributed by atoms with Crippen molar-refractivity contribution < 1.29 is 18.7 Å². The number of carbonyl (C=O) groups is 1. The third kappa shape index (κ3) is 2.15. The maximum absolute atomic E-state index is 13.7. The molecule has 2 unspecified atom stereocenters. The smallest absolute Gasteiger partial charge is 0.326 e. The average Bonchev–Trinajstić information content (AvgIpc) is 2.86. The lowest BCUT2D eigenvalue weighted by Crippen LogP contribution is -2.46. The highest BCUT2D eigenvalue weighted by molar-refractivity contribution is 6.02. The number of hydrogen-bond donors (Lipinski definition) is 1. The Morgan fingerprint density at radius 3 is 2.90 bits per heavy atom. The Morgan fingerprint density at radius 2 is 2.14 bits per heavy atom. The highest BCUT2D eigenvalue weighted by Gasteiger charge is 2.34. The number of benzene rings is 1. The van der Waals surface area contributed by atoms with Crippen molar-refractivity contribution in [1.82, 2.24) is 4.90 Å². The van der Waals surface area contributed by atoms with E-state index in [9.17, 15) is 14.3 Å². The molecule has 21 heavy (non-hydrogen) atoms. The van der Waals surface area contributed by atoms with Crippen LogP contribution in [-0.2, 0) is 0 Å². The predicted molar refractivity (Wildman–Crippen MR) is 76.5 cm³/mol. The summed E-state index contributed by atoms with van der Waals surface area (Å²) < 4.78 is 18.9. The van der Waals surface area contributed by atoms with Crippen LogP contribution >= 0.6 is 0 Å². The summed E-state index contributed by atoms with van der Waals surface area (Å²) in [5.74, 6) is -0.489. The van der Waals surface area contributed by atoms with Crippen LogP contribution in [0.3, 0.4) is 0 Å². The summed E-state index contributed by atoms with van der Waals surface area (Å²) in [6, 6.07) is 4.24. The molecule has 0 aliphatic carbocycles. The lowest BCUT2D eigenvalue weighted by Gasteiger charge is -2.29. The molecule has 1 saturated heterocycles. The molecule has 0 saturated carbocycles. The fourth-order valence-electron chi connectivity index (χ4n) is 2.66. The van der Waals surface area contributed by atoms with Crippen LogP contribution in [0.15, 0.2) is 28.9 Å². The van der Waals surface area contributed by atoms with Gasteiger partial charge in [0.15, 0.2) is 11.4 Å². The van der Waals surface area contributed by atoms with Gasteiger partial charge in [0, 0.05) is 18.5 Å². The predicted octanol–water partition coefficient (Wildman–Crippen LogP) is 2.93. The number of carbonyl (C=O) groups excluding carboxylic acids is 1. The second-order valence-corrected chi connectivity index (χ2v) is 5.41. The molecule has 2 heterocycles. The Balaban J connectivity index is 2.11. The van der Waals surface area contributed by atoms with E-state index in [1.54, 1.807) is 24.1 Å². The number of rotatable bonds is 1. The largest absolute Gasteiger partial charge is 0.459 e. The average molecular weight is 292 g/mol. The van der Waals surface area contributed by atoms with E-state index < -0.39 is 12.0 Å². The molecule has 0 radical (unpaired) electrons. The molecule has 3 rings (SSSR count). The van der Waals surface area contributed by atoms with Gasteiger partial charge in [-0.3, -0.25) is 4.90 Å². The number of anilines is 1. The van der Waals surface area contributed by atoms with Crippen molar-refractivity contribution in [1.29, 1.82) is 0 Å². The fourth-order valence-corrected chi connectivity index (χ4v) is 2.66. The van der Waals surface area contributed by atoms with Gasteiger partial charge in [-0.1, -0.05) is 6.07 Å². The van der Waals surface area contributed by atoms with E-state index in [-0.39, 0.29) is 17.7 Å². The lowest BCUT2D eigenvalue weighted by molar-refractivity contribution is 0.161. The molecule has 2 aromatic rings. The number of fused-ring (bicyclic) bond motifs is 1. The first kappa shape index (κ1) is 13.9. The molecule has 2 amide bonds. The van der Waals surface area contributed by atoms with Crippen LogP contribution in [0.1, 0.15) is 19.8 Å². The van der Waals surface area contributed by atoms with Crippen LogP contribution in [0.5, 0.6) is 0 Å². The van der Waals surface area contributed by atoms with Crippen LogP contribution in [0, 0.1) is 5.82 Å². The van der Waals surface area contributed by atoms with Crippen LogP contribution in [0.2, 0.25) is 0 Å². The molecule has 112 valence electrons. The Kier molecular flexibility index (Phi) is 3.33. The molecule has 1 aliphatic rings. The zero-order valence-electron chi connectivity index (χ0n) is 11.9. The highest BCUT2D eigenvalue weighted by atomic mass is 19.1. The lowest BCUT2D eigenvalue weighted by atomic mass is 10.1. The monoisotopic (exact) mass is 292 g/mol. The molecule has 5 nitrogen and oxygen atoms in total. The summed E-state index contributed by atoms with van der Waals surface area (Å²) in [6.07, 6.45) is 1.52. The fraction of sp³-hybridized carbons (Fsp3) is 0.400. The number of amides is 2. The number of halogens is 1. The number of hydrogen-bond acceptors (Lipinski definition) is 3. The number of aliphatic hydroxyl groups is 1. The van der Waals surface area contributed by atoms with Crippen molar-refractivity contribution in [2.24, 2.45) is 0 Å². The van der Waals surface area contributed by atoms with Crippen molar-refractivity contribution in [3.63, 3.8) is 0 Å². The topological polar surface area (TPSA) is 56.9 Å². The molecule has 1 aliphatic heterocycles. The summed E-state index contributed by atoms with van der Waals surface area (Å²) >= 11 is 0. The molecule has 0 spiro atoms. The first-order chi connectivity index (χ1) is 10.0. The van der Waals surface area contributed by atoms with Crippen LogP contribution in [-0.4, -0.2) is 35.4 Å². The van der Waals surface area contributed by atoms with Crippen molar-refractivity contribution in [2.75, 3.05) is 11.9 Å². The molecule has 1 aromatic carbocycles. The molecule has 1 N–H and O–H groups in total. The molecular weight excluding hydrogens is 275 g/mol. The number of nitrogens with zero attached hydrogens (tertiary/aromatic N) is 2. The summed E-state index contributed by atoms with van der Waals surface area (Å²) in [4.78, 5) is 15.4. The molecule has 0 bridgehead atoms. The Bertz CT molecular complexity index is 685. The van der Waals surface area contributed by atoms with Crippen molar-refractivity contribution in [3.8, 4) is 0 Å². The summed E-state index contributed by atoms with van der Waals surface area (Å²) in [5, 5.41) is 10.8. The van der Waals surface area contributed by atoms with Crippen molar-refractivity contribution in [2.45, 2.75) is 32.0 Å². The van der Waals surface area contributed by atoms with Gasteiger partial charge in [0.25, 0.3) is 0 Å². The summed E-state index contributed by atoms with van der Waals surface area (Å²) in [7, 11) is 1.70. The normalized spacial score (nSPS) is 23.7. The Labute approximate surface area is 121 Å². The molecular formula is C15H17FN2O3. The molecule has 1 fully saturated rings. The van der Waals surface area contributed by atoms with E-state index >= 15 is 0 Å². The van der Waals surface area contributed by atoms with E-state index in [2.05, 4.69) is 0 Å². The van der Waals surface area contributed by atoms with E-state index in [0.717, 1.165) is 0 Å². The standard InChI is InChI=1S/C15H17FN2O3/c1-9-6-7-13(19)18(15(20)17(9)2)12-8-21-14-10(12)4-3-5-11(14)16/h3-5,8-9,13,19H,6-7H2,1-2H3. The van der Waals surface area contributed by atoms with E-state index in [1.165, 1.54) is 17.2 Å². The third-order valence-electron chi connectivity index (χ3n) is 4.10. The number of aliphatic hydroxyl groups excluding tert-OH is 1. The quantitative estimate of drug-likeness (QED) is 0.879. The number of furan rings is 1. The SMILES string of the molecule is CC1CCC(O)N(c2coc3c(F)cccc23)C(=O)N1C. The van der Waals surface area contributed by atoms with Gasteiger partial charge in [0.05, 0.1) is 5.69 Å². The Morgan fingerprint density at radius 1 is 1.38 bits per heavy atom. The van der Waals surface area contributed by atoms with E-state index in [0.29, 0.717) is 23.9 Å². The Hall–Kier alpha value is -2.08. The third-order valence-corrected chi connectivity index (χ3v) is 4.10. The first-order valence-corrected chi connectivity index (χ1v) is 6.90. The minimum absolute atomic E-state index is 0.0343. The number of para-hydroxylation sites is 1. The maximum Gasteiger partial charge on any atom is 0.326 e. The zero-order chi connectivity index (χ0) is 15.1. The molecule has 1 aromatic heterocycles. The van der Waals surface area contributed by atoms with Gasteiger partial charge in [-0.2, -0.15) is 0 Å². The van der Waals surface area contributed by atoms with Crippen LogP contribution in [0.25, 0.3) is 11.0 Å². The number of urea groups is 1. The van der Waals surface area contributed by atoms with Gasteiger partial charge in [-0.25, -0.2) is 9.18 Å². The van der Waals surface area contributed by atoms with Gasteiger partial charge in [-0.05, 0) is 31.9 Å². The van der Waals surface area contributed by atoms with Gasteiger partial charge >= 0.3 is 6.03 Å². The van der Waals surface area contributed by atoms with E-state index in [1.807, 2.05) is 6.92 Å². The van der Waals surface area contributed by atoms with Crippen molar-refractivity contribution >= 4 is 22.7 Å². The van der Waals surface area contributed by atoms with Gasteiger partial charge in [-0.15, -0.1) is 0 Å². The van der Waals surface area contributed by atoms with Crippen LogP contribution < -0.4 is 4.90 Å².